The number of hydrogen-bond acceptors (Lipinski definition) is 5. The zero-order chi connectivity index (χ0) is 19.9. The Kier molecular flexibility index (Phi) is 5.10. The highest BCUT2D eigenvalue weighted by Gasteiger charge is 2.48. The first-order valence-electron chi connectivity index (χ1n) is 9.64. The molecule has 2 aromatic rings. The fraction of sp³-hybridized carbons (Fsp3) is 0.429. The zero-order valence-corrected chi connectivity index (χ0v) is 17.5. The Morgan fingerprint density at radius 1 is 1.00 bits per heavy atom. The molecule has 0 radical (unpaired) electrons. The van der Waals surface area contributed by atoms with Crippen LogP contribution in [0.25, 0.3) is 0 Å². The zero-order valence-electron chi connectivity index (χ0n) is 15.9. The molecule has 0 aliphatic carbocycles. The van der Waals surface area contributed by atoms with Gasteiger partial charge in [-0.3, -0.25) is 4.90 Å². The third-order valence-corrected chi connectivity index (χ3v) is 10.1. The molecule has 7 heteroatoms. The molecule has 1 saturated heterocycles. The van der Waals surface area contributed by atoms with Gasteiger partial charge in [-0.1, -0.05) is 43.3 Å². The third kappa shape index (κ3) is 3.63. The van der Waals surface area contributed by atoms with E-state index in [0.717, 1.165) is 24.0 Å². The summed E-state index contributed by atoms with van der Waals surface area (Å²) < 4.78 is 51.5. The van der Waals surface area contributed by atoms with E-state index in [1.54, 1.807) is 12.1 Å². The lowest BCUT2D eigenvalue weighted by atomic mass is 9.98. The van der Waals surface area contributed by atoms with Gasteiger partial charge in [0, 0.05) is 19.1 Å². The number of sulfone groups is 2. The molecule has 2 heterocycles. The summed E-state index contributed by atoms with van der Waals surface area (Å²) in [6.07, 6.45) is 1.64. The molecule has 2 aliphatic rings. The molecule has 0 spiro atoms. The number of rotatable bonds is 4. The highest BCUT2D eigenvalue weighted by atomic mass is 32.2. The van der Waals surface area contributed by atoms with E-state index in [-0.39, 0.29) is 16.4 Å². The van der Waals surface area contributed by atoms with Crippen molar-refractivity contribution < 1.29 is 16.8 Å². The van der Waals surface area contributed by atoms with Crippen molar-refractivity contribution >= 4 is 19.7 Å². The van der Waals surface area contributed by atoms with Gasteiger partial charge >= 0.3 is 0 Å². The molecule has 1 fully saturated rings. The summed E-state index contributed by atoms with van der Waals surface area (Å²) in [5, 5.41) is -0.921. The summed E-state index contributed by atoms with van der Waals surface area (Å²) in [6.45, 7) is 3.28. The Hall–Kier alpha value is -1.70. The van der Waals surface area contributed by atoms with Crippen LogP contribution in [0.15, 0.2) is 53.4 Å². The summed E-state index contributed by atoms with van der Waals surface area (Å²) in [6, 6.07) is 14.4. The van der Waals surface area contributed by atoms with Gasteiger partial charge in [-0.2, -0.15) is 0 Å². The first-order chi connectivity index (χ1) is 13.3. The molecule has 2 aromatic carbocycles. The molecule has 150 valence electrons. The van der Waals surface area contributed by atoms with Gasteiger partial charge in [0.25, 0.3) is 0 Å². The van der Waals surface area contributed by atoms with Crippen LogP contribution in [-0.4, -0.2) is 51.1 Å². The van der Waals surface area contributed by atoms with Crippen molar-refractivity contribution in [2.45, 2.75) is 42.5 Å². The van der Waals surface area contributed by atoms with Crippen LogP contribution in [0, 0.1) is 0 Å². The number of hydrogen-bond donors (Lipinski definition) is 0. The molecule has 0 bridgehead atoms. The molecule has 2 aliphatic heterocycles. The van der Waals surface area contributed by atoms with Crippen LogP contribution in [0.3, 0.4) is 0 Å². The van der Waals surface area contributed by atoms with Crippen molar-refractivity contribution in [1.82, 2.24) is 4.90 Å². The first kappa shape index (κ1) is 19.6. The standard InChI is InChI=1S/C21H25NO4S2/c1-2-16-7-9-19(10-8-16)28(25,26)21-15-27(23,24)14-20(21)22-12-11-17-5-3-4-6-18(17)13-22/h3-10,20-21H,2,11-15H2,1H3/t20-,21-/m0/s1. The van der Waals surface area contributed by atoms with Crippen LogP contribution < -0.4 is 0 Å². The van der Waals surface area contributed by atoms with Crippen molar-refractivity contribution in [1.29, 1.82) is 0 Å². The summed E-state index contributed by atoms with van der Waals surface area (Å²) in [5.41, 5.74) is 3.47. The normalized spacial score (nSPS) is 24.8. The monoisotopic (exact) mass is 419 g/mol. The molecule has 0 N–H and O–H groups in total. The van der Waals surface area contributed by atoms with Crippen LogP contribution in [-0.2, 0) is 39.1 Å². The van der Waals surface area contributed by atoms with Gasteiger partial charge in [0.15, 0.2) is 19.7 Å². The second kappa shape index (κ2) is 7.28. The Balaban J connectivity index is 1.66. The lowest BCUT2D eigenvalue weighted by Gasteiger charge is -2.35. The summed E-state index contributed by atoms with van der Waals surface area (Å²) >= 11 is 0. The lowest BCUT2D eigenvalue weighted by Crippen LogP contribution is -2.48. The lowest BCUT2D eigenvalue weighted by molar-refractivity contribution is 0.195. The Labute approximate surface area is 167 Å². The van der Waals surface area contributed by atoms with Gasteiger partial charge in [-0.05, 0) is 41.7 Å². The largest absolute Gasteiger partial charge is 0.293 e. The topological polar surface area (TPSA) is 71.5 Å². The molecule has 4 rings (SSSR count). The van der Waals surface area contributed by atoms with E-state index in [1.165, 1.54) is 5.56 Å². The molecular formula is C21H25NO4S2. The smallest absolute Gasteiger partial charge is 0.183 e. The SMILES string of the molecule is CCc1ccc(S(=O)(=O)[C@H]2CS(=O)(=O)C[C@@H]2N2CCc3ccccc3C2)cc1. The number of aryl methyl sites for hydroxylation is 1. The van der Waals surface area contributed by atoms with Crippen LogP contribution in [0.5, 0.6) is 0 Å². The van der Waals surface area contributed by atoms with Crippen LogP contribution >= 0.6 is 0 Å². The quantitative estimate of drug-likeness (QED) is 0.760. The van der Waals surface area contributed by atoms with Crippen LogP contribution in [0.4, 0.5) is 0 Å². The van der Waals surface area contributed by atoms with Crippen molar-refractivity contribution in [3.8, 4) is 0 Å². The maximum Gasteiger partial charge on any atom is 0.183 e. The highest BCUT2D eigenvalue weighted by molar-refractivity contribution is 7.96. The minimum Gasteiger partial charge on any atom is -0.293 e. The minimum atomic E-state index is -3.73. The fourth-order valence-corrected chi connectivity index (χ4v) is 9.15. The van der Waals surface area contributed by atoms with E-state index >= 15 is 0 Å². The molecule has 0 amide bonds. The van der Waals surface area contributed by atoms with Crippen LogP contribution in [0.1, 0.15) is 23.6 Å². The van der Waals surface area contributed by atoms with Crippen molar-refractivity contribution in [2.75, 3.05) is 18.1 Å². The predicted molar refractivity (Wildman–Crippen MR) is 110 cm³/mol. The maximum atomic E-state index is 13.3. The van der Waals surface area contributed by atoms with Gasteiger partial charge in [0.1, 0.15) is 0 Å². The van der Waals surface area contributed by atoms with Gasteiger partial charge in [0.2, 0.25) is 0 Å². The summed E-state index contributed by atoms with van der Waals surface area (Å²) in [7, 11) is -7.13. The van der Waals surface area contributed by atoms with Gasteiger partial charge in [-0.25, -0.2) is 16.8 Å². The number of nitrogens with zero attached hydrogens (tertiary/aromatic N) is 1. The van der Waals surface area contributed by atoms with E-state index in [9.17, 15) is 16.8 Å². The van der Waals surface area contributed by atoms with E-state index < -0.39 is 31.0 Å². The van der Waals surface area contributed by atoms with E-state index in [2.05, 4.69) is 11.0 Å². The molecule has 2 atom stereocenters. The summed E-state index contributed by atoms with van der Waals surface area (Å²) in [5.74, 6) is -0.389. The van der Waals surface area contributed by atoms with Crippen molar-refractivity contribution in [3.63, 3.8) is 0 Å². The van der Waals surface area contributed by atoms with Crippen molar-refractivity contribution in [2.24, 2.45) is 0 Å². The molecule has 5 nitrogen and oxygen atoms in total. The number of benzene rings is 2. The van der Waals surface area contributed by atoms with Crippen molar-refractivity contribution in [3.05, 3.63) is 65.2 Å². The number of fused-ring (bicyclic) bond motifs is 1. The van der Waals surface area contributed by atoms with Gasteiger partial charge in [-0.15, -0.1) is 0 Å². The summed E-state index contributed by atoms with van der Waals surface area (Å²) in [4.78, 5) is 2.27. The van der Waals surface area contributed by atoms with Gasteiger partial charge in [0.05, 0.1) is 21.7 Å². The Bertz CT molecular complexity index is 1080. The second-order valence-corrected chi connectivity index (χ2v) is 12.0. The maximum absolute atomic E-state index is 13.3. The van der Waals surface area contributed by atoms with Crippen LogP contribution in [0.2, 0.25) is 0 Å². The Morgan fingerprint density at radius 3 is 2.36 bits per heavy atom. The fourth-order valence-electron chi connectivity index (χ4n) is 4.32. The average Bonchev–Trinajstić information content (AvgIpc) is 3.04. The minimum absolute atomic E-state index is 0.0912. The van der Waals surface area contributed by atoms with E-state index in [1.807, 2.05) is 37.3 Å². The molecule has 0 unspecified atom stereocenters. The molecule has 28 heavy (non-hydrogen) atoms. The highest BCUT2D eigenvalue weighted by Crippen LogP contribution is 2.32. The van der Waals surface area contributed by atoms with Gasteiger partial charge < -0.3 is 0 Å². The molecule has 0 aromatic heterocycles. The molecule has 0 saturated carbocycles. The predicted octanol–water partition coefficient (Wildman–Crippen LogP) is 2.25. The second-order valence-electron chi connectivity index (χ2n) is 7.71. The van der Waals surface area contributed by atoms with E-state index in [4.69, 9.17) is 0 Å². The first-order valence-corrected chi connectivity index (χ1v) is 13.0. The van der Waals surface area contributed by atoms with E-state index in [0.29, 0.717) is 13.1 Å². The molecular weight excluding hydrogens is 394 g/mol. The average molecular weight is 420 g/mol. The Morgan fingerprint density at radius 2 is 1.68 bits per heavy atom. The third-order valence-electron chi connectivity index (χ3n) is 5.96.